The van der Waals surface area contributed by atoms with Gasteiger partial charge in [-0.1, -0.05) is 25.2 Å². The predicted octanol–water partition coefficient (Wildman–Crippen LogP) is 3.12. The molecule has 2 aromatic rings. The van der Waals surface area contributed by atoms with Gasteiger partial charge < -0.3 is 24.9 Å². The number of nitrogens with zero attached hydrogens (tertiary/aromatic N) is 2. The molecule has 2 aromatic heterocycles. The number of carbonyl (C=O) groups is 1. The Balaban J connectivity index is 1.97. The van der Waals surface area contributed by atoms with Gasteiger partial charge in [0.25, 0.3) is 5.91 Å². The molecular weight excluding hydrogens is 344 g/mol. The van der Waals surface area contributed by atoms with Gasteiger partial charge in [-0.15, -0.1) is 0 Å². The summed E-state index contributed by atoms with van der Waals surface area (Å²) in [4.78, 5) is 15.1. The van der Waals surface area contributed by atoms with E-state index in [0.29, 0.717) is 27.0 Å². The van der Waals surface area contributed by atoms with Gasteiger partial charge in [-0.3, -0.25) is 4.79 Å². The van der Waals surface area contributed by atoms with Crippen LogP contribution >= 0.6 is 23.6 Å². The second kappa shape index (κ2) is 9.00. The normalized spacial score (nSPS) is 11.1. The average Bonchev–Trinajstić information content (AvgIpc) is 3.19. The minimum absolute atomic E-state index is 0.220. The molecule has 0 aromatic carbocycles. The summed E-state index contributed by atoms with van der Waals surface area (Å²) in [5.74, 6) is 0.924. The molecule has 1 amide bonds. The van der Waals surface area contributed by atoms with Crippen LogP contribution in [-0.2, 0) is 13.1 Å². The summed E-state index contributed by atoms with van der Waals surface area (Å²) in [5.41, 5.74) is 6.14. The molecule has 6 nitrogen and oxygen atoms in total. The van der Waals surface area contributed by atoms with Gasteiger partial charge >= 0.3 is 0 Å². The number of amides is 1. The molecule has 0 aliphatic carbocycles. The molecule has 0 saturated carbocycles. The highest BCUT2D eigenvalue weighted by Crippen LogP contribution is 2.22. The van der Waals surface area contributed by atoms with Crippen molar-refractivity contribution in [2.75, 3.05) is 25.4 Å². The van der Waals surface area contributed by atoms with E-state index in [0.717, 1.165) is 32.6 Å². The van der Waals surface area contributed by atoms with E-state index in [1.807, 2.05) is 10.6 Å². The van der Waals surface area contributed by atoms with Gasteiger partial charge in [0.15, 0.2) is 3.95 Å². The summed E-state index contributed by atoms with van der Waals surface area (Å²) in [6.45, 7) is 8.40. The molecule has 0 fully saturated rings. The zero-order valence-electron chi connectivity index (χ0n) is 14.1. The lowest BCUT2D eigenvalue weighted by atomic mass is 10.3. The lowest BCUT2D eigenvalue weighted by Crippen LogP contribution is -2.25. The number of furan rings is 1. The van der Waals surface area contributed by atoms with Crippen molar-refractivity contribution >= 4 is 35.3 Å². The molecule has 2 rings (SSSR count). The highest BCUT2D eigenvalue weighted by Gasteiger charge is 2.17. The smallest absolute Gasteiger partial charge is 0.265 e. The number of nitrogens with two attached hydrogens (primary N) is 1. The fourth-order valence-electron chi connectivity index (χ4n) is 2.44. The lowest BCUT2D eigenvalue weighted by Gasteiger charge is -2.18. The van der Waals surface area contributed by atoms with E-state index in [-0.39, 0.29) is 5.91 Å². The minimum atomic E-state index is -0.220. The summed E-state index contributed by atoms with van der Waals surface area (Å²) in [6.07, 6.45) is 2.52. The van der Waals surface area contributed by atoms with Gasteiger partial charge in [0, 0.05) is 6.54 Å². The molecule has 0 unspecified atom stereocenters. The zero-order chi connectivity index (χ0) is 17.5. The third kappa shape index (κ3) is 4.68. The summed E-state index contributed by atoms with van der Waals surface area (Å²) in [6, 6.07) is 3.59. The molecule has 3 N–H and O–H groups in total. The molecule has 8 heteroatoms. The molecule has 24 heavy (non-hydrogen) atoms. The number of nitrogens with one attached hydrogen (secondary N) is 1. The molecule has 0 saturated heterocycles. The van der Waals surface area contributed by atoms with Crippen molar-refractivity contribution in [3.05, 3.63) is 33.0 Å². The first-order valence-electron chi connectivity index (χ1n) is 8.08. The second-order valence-electron chi connectivity index (χ2n) is 5.38. The molecule has 0 bridgehead atoms. The first-order chi connectivity index (χ1) is 11.6. The van der Waals surface area contributed by atoms with Crippen molar-refractivity contribution < 1.29 is 9.21 Å². The van der Waals surface area contributed by atoms with Gasteiger partial charge in [-0.25, -0.2) is 0 Å². The van der Waals surface area contributed by atoms with Crippen molar-refractivity contribution in [3.63, 3.8) is 0 Å². The highest BCUT2D eigenvalue weighted by molar-refractivity contribution is 7.73. The van der Waals surface area contributed by atoms with E-state index in [1.165, 1.54) is 11.3 Å². The first-order valence-corrected chi connectivity index (χ1v) is 9.31. The molecule has 0 atom stereocenters. The summed E-state index contributed by atoms with van der Waals surface area (Å²) < 4.78 is 7.69. The first kappa shape index (κ1) is 18.7. The molecule has 0 aliphatic rings. The van der Waals surface area contributed by atoms with E-state index in [4.69, 9.17) is 22.4 Å². The van der Waals surface area contributed by atoms with Crippen LogP contribution in [0.3, 0.4) is 0 Å². The van der Waals surface area contributed by atoms with Crippen LogP contribution in [0.5, 0.6) is 0 Å². The van der Waals surface area contributed by atoms with E-state index < -0.39 is 0 Å². The SMILES string of the molecule is CCN(CC)CCCn1c(N)c(C(=O)NCc2ccco2)sc1=S. The maximum atomic E-state index is 12.3. The molecule has 0 spiro atoms. The van der Waals surface area contributed by atoms with Gasteiger partial charge in [-0.2, -0.15) is 0 Å². The van der Waals surface area contributed by atoms with Crippen LogP contribution in [0, 0.1) is 3.95 Å². The Bertz CT molecular complexity index is 702. The average molecular weight is 369 g/mol. The maximum absolute atomic E-state index is 12.3. The number of rotatable bonds is 9. The quantitative estimate of drug-likeness (QED) is 0.665. The Hall–Kier alpha value is -1.64. The fraction of sp³-hybridized carbons (Fsp3) is 0.500. The number of hydrogen-bond donors (Lipinski definition) is 2. The van der Waals surface area contributed by atoms with Crippen LogP contribution < -0.4 is 11.1 Å². The summed E-state index contributed by atoms with van der Waals surface area (Å²) in [5, 5.41) is 2.81. The zero-order valence-corrected chi connectivity index (χ0v) is 15.7. The van der Waals surface area contributed by atoms with Crippen LogP contribution in [0.1, 0.15) is 35.7 Å². The molecule has 0 aliphatic heterocycles. The fourth-order valence-corrected chi connectivity index (χ4v) is 3.74. The molecule has 2 heterocycles. The summed E-state index contributed by atoms with van der Waals surface area (Å²) in [7, 11) is 0. The third-order valence-electron chi connectivity index (χ3n) is 3.89. The second-order valence-corrected chi connectivity index (χ2v) is 7.02. The van der Waals surface area contributed by atoms with Crippen LogP contribution in [0.4, 0.5) is 5.82 Å². The molecule has 0 radical (unpaired) electrons. The van der Waals surface area contributed by atoms with E-state index >= 15 is 0 Å². The number of thiazole rings is 1. The van der Waals surface area contributed by atoms with E-state index in [9.17, 15) is 4.79 Å². The van der Waals surface area contributed by atoms with E-state index in [1.54, 1.807) is 12.3 Å². The Morgan fingerprint density at radius 3 is 2.83 bits per heavy atom. The van der Waals surface area contributed by atoms with Gasteiger partial charge in [0.1, 0.15) is 16.5 Å². The maximum Gasteiger partial charge on any atom is 0.265 e. The van der Waals surface area contributed by atoms with Gasteiger partial charge in [0.05, 0.1) is 12.8 Å². The van der Waals surface area contributed by atoms with Crippen molar-refractivity contribution in [1.82, 2.24) is 14.8 Å². The molecular formula is C16H24N4O2S2. The van der Waals surface area contributed by atoms with Crippen LogP contribution in [0.25, 0.3) is 0 Å². The Morgan fingerprint density at radius 2 is 2.21 bits per heavy atom. The Kier molecular flexibility index (Phi) is 7.01. The number of carbonyl (C=O) groups excluding carboxylic acids is 1. The Labute approximate surface area is 151 Å². The van der Waals surface area contributed by atoms with Crippen molar-refractivity contribution in [2.45, 2.75) is 33.4 Å². The van der Waals surface area contributed by atoms with E-state index in [2.05, 4.69) is 24.1 Å². The minimum Gasteiger partial charge on any atom is -0.467 e. The van der Waals surface area contributed by atoms with Gasteiger partial charge in [-0.05, 0) is 50.4 Å². The van der Waals surface area contributed by atoms with Crippen molar-refractivity contribution in [3.8, 4) is 0 Å². The topological polar surface area (TPSA) is 76.4 Å². The largest absolute Gasteiger partial charge is 0.467 e. The number of hydrogen-bond acceptors (Lipinski definition) is 6. The lowest BCUT2D eigenvalue weighted by molar-refractivity contribution is 0.0952. The highest BCUT2D eigenvalue weighted by atomic mass is 32.1. The molecule has 132 valence electrons. The Morgan fingerprint density at radius 1 is 1.46 bits per heavy atom. The standard InChI is InChI=1S/C16H24N4O2S2/c1-3-19(4-2)8-6-9-20-14(17)13(24-16(20)23)15(21)18-11-12-7-5-10-22-12/h5,7,10H,3-4,6,8-9,11,17H2,1-2H3,(H,18,21). The van der Waals surface area contributed by atoms with Crippen molar-refractivity contribution in [1.29, 1.82) is 0 Å². The van der Waals surface area contributed by atoms with Crippen molar-refractivity contribution in [2.24, 2.45) is 0 Å². The number of anilines is 1. The van der Waals surface area contributed by atoms with Crippen LogP contribution in [0.2, 0.25) is 0 Å². The third-order valence-corrected chi connectivity index (χ3v) is 5.36. The van der Waals surface area contributed by atoms with Crippen LogP contribution in [-0.4, -0.2) is 35.0 Å². The number of nitrogen functional groups attached to an aromatic ring is 1. The van der Waals surface area contributed by atoms with Crippen LogP contribution in [0.15, 0.2) is 22.8 Å². The predicted molar refractivity (Wildman–Crippen MR) is 99.8 cm³/mol. The van der Waals surface area contributed by atoms with Gasteiger partial charge in [0.2, 0.25) is 0 Å². The summed E-state index contributed by atoms with van der Waals surface area (Å²) >= 11 is 6.62. The monoisotopic (exact) mass is 368 g/mol. The number of aromatic nitrogens is 1.